The van der Waals surface area contributed by atoms with Crippen LogP contribution in [0.25, 0.3) is 32.0 Å². The lowest BCUT2D eigenvalue weighted by molar-refractivity contribution is 0.0739. The molecule has 12 heteroatoms. The van der Waals surface area contributed by atoms with Gasteiger partial charge in [0.1, 0.15) is 17.4 Å². The smallest absolute Gasteiger partial charge is 0.434 e. The molecular formula is C39H35FN6O4S. The molecule has 10 nitrogen and oxygen atoms in total. The van der Waals surface area contributed by atoms with Gasteiger partial charge in [-0.05, 0) is 89.9 Å². The van der Waals surface area contributed by atoms with Crippen molar-refractivity contribution in [1.29, 1.82) is 0 Å². The highest BCUT2D eigenvalue weighted by molar-refractivity contribution is 7.23. The molecular weight excluding hydrogens is 668 g/mol. The number of amides is 1. The van der Waals surface area contributed by atoms with E-state index in [4.69, 9.17) is 19.1 Å². The third-order valence-corrected chi connectivity index (χ3v) is 11.9. The molecule has 2 atom stereocenters. The first-order valence-electron chi connectivity index (χ1n) is 17.2. The van der Waals surface area contributed by atoms with Crippen LogP contribution in [0.15, 0.2) is 70.0 Å². The van der Waals surface area contributed by atoms with Crippen LogP contribution in [-0.2, 0) is 19.3 Å². The maximum Gasteiger partial charge on any atom is 0.434 e. The van der Waals surface area contributed by atoms with E-state index >= 15 is 0 Å². The molecule has 6 aromatic rings. The molecule has 0 bridgehead atoms. The monoisotopic (exact) mass is 702 g/mol. The van der Waals surface area contributed by atoms with Crippen molar-refractivity contribution in [2.24, 2.45) is 5.41 Å². The SMILES string of the molecule is COc1cccc2c1CC[C@@H]2Nc1nccc2cc(-c3c4c(nc(CCc5ccc(F)cc5)c3-c3n[nH]c(=O)o3)C3N(CCC3(C)C)C4=O)sc12. The van der Waals surface area contributed by atoms with Gasteiger partial charge < -0.3 is 19.4 Å². The summed E-state index contributed by atoms with van der Waals surface area (Å²) in [5.41, 5.74) is 6.23. The Morgan fingerprint density at radius 1 is 1.10 bits per heavy atom. The molecule has 258 valence electrons. The number of nitrogens with zero attached hydrogens (tertiary/aromatic N) is 4. The summed E-state index contributed by atoms with van der Waals surface area (Å²) in [5.74, 6) is 0.639. The summed E-state index contributed by atoms with van der Waals surface area (Å²) in [6.07, 6.45) is 5.47. The van der Waals surface area contributed by atoms with Gasteiger partial charge in [-0.3, -0.25) is 9.78 Å². The quantitative estimate of drug-likeness (QED) is 0.166. The Morgan fingerprint density at radius 2 is 1.94 bits per heavy atom. The summed E-state index contributed by atoms with van der Waals surface area (Å²) in [6, 6.07) is 16.5. The number of pyridine rings is 2. The third-order valence-electron chi connectivity index (χ3n) is 10.7. The summed E-state index contributed by atoms with van der Waals surface area (Å²) in [6.45, 7) is 4.99. The summed E-state index contributed by atoms with van der Waals surface area (Å²) in [7, 11) is 1.70. The van der Waals surface area contributed by atoms with Crippen molar-refractivity contribution in [3.63, 3.8) is 0 Å². The van der Waals surface area contributed by atoms with Gasteiger partial charge in [0.25, 0.3) is 11.8 Å². The number of benzene rings is 2. The van der Waals surface area contributed by atoms with Crippen LogP contribution in [0.1, 0.15) is 77.2 Å². The van der Waals surface area contributed by atoms with Gasteiger partial charge in [-0.2, -0.15) is 0 Å². The number of anilines is 1. The molecule has 9 rings (SSSR count). The number of ether oxygens (including phenoxy) is 1. The first-order chi connectivity index (χ1) is 24.7. The second-order valence-electron chi connectivity index (χ2n) is 14.2. The molecule has 2 N–H and O–H groups in total. The fraction of sp³-hybridized carbons (Fsp3) is 0.308. The number of aromatic amines is 1. The lowest BCUT2D eigenvalue weighted by Gasteiger charge is -2.27. The lowest BCUT2D eigenvalue weighted by atomic mass is 9.81. The number of methoxy groups -OCH3 is 1. The average molecular weight is 703 g/mol. The highest BCUT2D eigenvalue weighted by Crippen LogP contribution is 2.55. The van der Waals surface area contributed by atoms with E-state index in [0.717, 1.165) is 57.1 Å². The summed E-state index contributed by atoms with van der Waals surface area (Å²) in [5, 5.41) is 11.4. The Kier molecular flexibility index (Phi) is 7.36. The van der Waals surface area contributed by atoms with Crippen LogP contribution in [-0.4, -0.2) is 44.6 Å². The first kappa shape index (κ1) is 31.6. The molecule has 1 amide bonds. The molecule has 1 fully saturated rings. The van der Waals surface area contributed by atoms with Crippen molar-refractivity contribution in [2.75, 3.05) is 19.0 Å². The predicted molar refractivity (Wildman–Crippen MR) is 193 cm³/mol. The minimum Gasteiger partial charge on any atom is -0.496 e. The molecule has 51 heavy (non-hydrogen) atoms. The van der Waals surface area contributed by atoms with Gasteiger partial charge in [0.15, 0.2) is 0 Å². The number of thiophene rings is 1. The molecule has 0 radical (unpaired) electrons. The molecule has 1 unspecified atom stereocenters. The van der Waals surface area contributed by atoms with Crippen molar-refractivity contribution in [1.82, 2.24) is 25.1 Å². The average Bonchev–Trinajstić information content (AvgIpc) is 3.95. The summed E-state index contributed by atoms with van der Waals surface area (Å²) in [4.78, 5) is 39.7. The van der Waals surface area contributed by atoms with Crippen LogP contribution in [0, 0.1) is 11.2 Å². The van der Waals surface area contributed by atoms with Gasteiger partial charge in [0.05, 0.1) is 46.4 Å². The van der Waals surface area contributed by atoms with Gasteiger partial charge in [-0.15, -0.1) is 16.4 Å². The molecule has 4 aromatic heterocycles. The summed E-state index contributed by atoms with van der Waals surface area (Å²) < 4.78 is 26.0. The number of aryl methyl sites for hydroxylation is 2. The molecule has 6 heterocycles. The number of rotatable bonds is 8. The number of nitrogens with one attached hydrogen (secondary N) is 2. The Morgan fingerprint density at radius 3 is 2.73 bits per heavy atom. The van der Waals surface area contributed by atoms with E-state index in [-0.39, 0.29) is 35.1 Å². The minimum atomic E-state index is -0.700. The number of aromatic nitrogens is 4. The second-order valence-corrected chi connectivity index (χ2v) is 15.3. The Labute approximate surface area is 296 Å². The molecule has 1 saturated heterocycles. The second kappa shape index (κ2) is 11.9. The van der Waals surface area contributed by atoms with Crippen molar-refractivity contribution >= 4 is 33.1 Å². The Bertz CT molecular complexity index is 2420. The van der Waals surface area contributed by atoms with Crippen LogP contribution in [0.5, 0.6) is 5.75 Å². The van der Waals surface area contributed by atoms with Crippen LogP contribution in [0.2, 0.25) is 0 Å². The normalized spacial score (nSPS) is 18.7. The van der Waals surface area contributed by atoms with Crippen LogP contribution < -0.4 is 15.8 Å². The van der Waals surface area contributed by atoms with Crippen LogP contribution >= 0.6 is 11.3 Å². The standard InChI is InChI=1S/C39H35FN6O4S/c1-39(2)16-18-46-34(39)32-31(37(46)47)30(29(36-44-45-38(48)50-36)26(42-32)13-9-20-7-10-22(40)11-8-20)28-19-21-15-17-41-35(33(21)51-28)43-25-14-12-24-23(25)5-4-6-27(24)49-3/h4-8,10-11,15,17,19,25,34H,9,12-14,16,18H2,1-3H3,(H,41,43)(H,45,48)/t25-,34?/m0/s1. The lowest BCUT2D eigenvalue weighted by Crippen LogP contribution is -2.26. The number of H-pyrrole nitrogens is 1. The van der Waals surface area contributed by atoms with Crippen molar-refractivity contribution in [3.8, 4) is 27.6 Å². The molecule has 3 aliphatic rings. The number of hydrogen-bond acceptors (Lipinski definition) is 9. The van der Waals surface area contributed by atoms with Gasteiger partial charge >= 0.3 is 5.76 Å². The molecule has 1 aliphatic carbocycles. The number of carbonyl (C=O) groups is 1. The van der Waals surface area contributed by atoms with Crippen molar-refractivity contribution < 1.29 is 18.3 Å². The number of halogens is 1. The number of hydrogen-bond donors (Lipinski definition) is 2. The highest BCUT2D eigenvalue weighted by Gasteiger charge is 2.52. The van der Waals surface area contributed by atoms with Gasteiger partial charge in [0.2, 0.25) is 0 Å². The van der Waals surface area contributed by atoms with Crippen molar-refractivity contribution in [2.45, 2.75) is 58.0 Å². The van der Waals surface area contributed by atoms with Gasteiger partial charge in [-0.25, -0.2) is 19.3 Å². The van der Waals surface area contributed by atoms with Gasteiger partial charge in [-0.1, -0.05) is 38.1 Å². The van der Waals surface area contributed by atoms with Crippen LogP contribution in [0.3, 0.4) is 0 Å². The van der Waals surface area contributed by atoms with E-state index in [1.165, 1.54) is 34.6 Å². The van der Waals surface area contributed by atoms with E-state index in [0.29, 0.717) is 41.8 Å². The largest absolute Gasteiger partial charge is 0.496 e. The highest BCUT2D eigenvalue weighted by atomic mass is 32.1. The van der Waals surface area contributed by atoms with Crippen LogP contribution in [0.4, 0.5) is 10.2 Å². The topological polar surface area (TPSA) is 126 Å². The Balaban J connectivity index is 1.22. The zero-order valence-corrected chi connectivity index (χ0v) is 29.2. The van der Waals surface area contributed by atoms with E-state index in [1.54, 1.807) is 25.4 Å². The van der Waals surface area contributed by atoms with E-state index in [2.05, 4.69) is 41.5 Å². The Hall–Kier alpha value is -5.36. The first-order valence-corrected chi connectivity index (χ1v) is 18.0. The molecule has 2 aromatic carbocycles. The maximum absolute atomic E-state index is 14.5. The fourth-order valence-electron chi connectivity index (χ4n) is 8.27. The van der Waals surface area contributed by atoms with Gasteiger partial charge in [0, 0.05) is 23.2 Å². The molecule has 0 spiro atoms. The zero-order valence-electron chi connectivity index (χ0n) is 28.4. The third kappa shape index (κ3) is 5.14. The molecule has 0 saturated carbocycles. The fourth-order valence-corrected chi connectivity index (χ4v) is 9.44. The van der Waals surface area contributed by atoms with E-state index in [1.807, 2.05) is 23.1 Å². The summed E-state index contributed by atoms with van der Waals surface area (Å²) >= 11 is 1.54. The predicted octanol–water partition coefficient (Wildman–Crippen LogP) is 7.66. The van der Waals surface area contributed by atoms with E-state index < -0.39 is 5.76 Å². The zero-order chi connectivity index (χ0) is 35.0. The number of fused-ring (bicyclic) bond motifs is 5. The maximum atomic E-state index is 14.5. The minimum absolute atomic E-state index is 0.0619. The van der Waals surface area contributed by atoms with E-state index in [9.17, 15) is 14.0 Å². The van der Waals surface area contributed by atoms with Crippen molar-refractivity contribution in [3.05, 3.63) is 111 Å². The molecule has 2 aliphatic heterocycles. The number of carbonyl (C=O) groups excluding carboxylic acids is 1.